The maximum absolute atomic E-state index is 6.05. The summed E-state index contributed by atoms with van der Waals surface area (Å²) in [4.78, 5) is 17.0. The van der Waals surface area contributed by atoms with Crippen molar-refractivity contribution in [3.05, 3.63) is 205 Å². The highest BCUT2D eigenvalue weighted by atomic mass is 15.2. The molecule has 5 heterocycles. The van der Waals surface area contributed by atoms with Gasteiger partial charge < -0.3 is 9.80 Å². The first kappa shape index (κ1) is 44.2. The van der Waals surface area contributed by atoms with E-state index < -0.39 is 0 Å². The van der Waals surface area contributed by atoms with Gasteiger partial charge in [0.15, 0.2) is 11.3 Å². The minimum absolute atomic E-state index is 0.135. The first-order valence-corrected chi connectivity index (χ1v) is 26.1. The molecular formula is C68H58N6. The molecular weight excluding hydrogens is 901 g/mol. The minimum Gasteiger partial charge on any atom is -0.308 e. The lowest BCUT2D eigenvalue weighted by atomic mass is 9.84. The van der Waals surface area contributed by atoms with Crippen LogP contribution >= 0.6 is 0 Å². The van der Waals surface area contributed by atoms with Crippen molar-refractivity contribution in [3.63, 3.8) is 0 Å². The summed E-state index contributed by atoms with van der Waals surface area (Å²) in [5.74, 6) is 0. The molecule has 9 aromatic carbocycles. The van der Waals surface area contributed by atoms with E-state index in [1.807, 2.05) is 0 Å². The second kappa shape index (κ2) is 15.5. The second-order valence-corrected chi connectivity index (χ2v) is 23.6. The Morgan fingerprint density at radius 3 is 1.12 bits per heavy atom. The van der Waals surface area contributed by atoms with Gasteiger partial charge in [-0.2, -0.15) is 0 Å². The van der Waals surface area contributed by atoms with Gasteiger partial charge in [-0.05, 0) is 129 Å². The van der Waals surface area contributed by atoms with Crippen LogP contribution in [0.4, 0.5) is 34.1 Å². The first-order valence-electron chi connectivity index (χ1n) is 26.1. The van der Waals surface area contributed by atoms with Crippen LogP contribution < -0.4 is 9.80 Å². The molecule has 0 spiro atoms. The van der Waals surface area contributed by atoms with Gasteiger partial charge in [0.05, 0.1) is 33.4 Å². The third-order valence-corrected chi connectivity index (χ3v) is 15.7. The predicted molar refractivity (Wildman–Crippen MR) is 314 cm³/mol. The van der Waals surface area contributed by atoms with Crippen LogP contribution in [0.3, 0.4) is 0 Å². The van der Waals surface area contributed by atoms with Crippen LogP contribution in [-0.2, 0) is 16.2 Å². The Bertz CT molecular complexity index is 4430. The van der Waals surface area contributed by atoms with Crippen molar-refractivity contribution in [1.29, 1.82) is 0 Å². The van der Waals surface area contributed by atoms with Crippen LogP contribution in [0.2, 0.25) is 0 Å². The number of rotatable bonds is 6. The molecule has 6 nitrogen and oxygen atoms in total. The lowest BCUT2D eigenvalue weighted by Gasteiger charge is -2.29. The minimum atomic E-state index is -0.147. The molecule has 0 aliphatic heterocycles. The molecule has 14 rings (SSSR count). The molecule has 0 aliphatic carbocycles. The summed E-state index contributed by atoms with van der Waals surface area (Å²) in [6.45, 7) is 20.9. The molecule has 0 atom stereocenters. The van der Waals surface area contributed by atoms with Crippen LogP contribution in [0.5, 0.6) is 0 Å². The summed E-state index contributed by atoms with van der Waals surface area (Å²) in [5.41, 5.74) is 18.0. The average Bonchev–Trinajstić information content (AvgIpc) is 4.12. The van der Waals surface area contributed by atoms with E-state index in [-0.39, 0.29) is 16.2 Å². The van der Waals surface area contributed by atoms with Gasteiger partial charge >= 0.3 is 0 Å². The molecule has 360 valence electrons. The van der Waals surface area contributed by atoms with Crippen LogP contribution in [0, 0.1) is 0 Å². The number of hydrogen-bond acceptors (Lipinski definition) is 4. The topological polar surface area (TPSA) is 41.1 Å². The van der Waals surface area contributed by atoms with Crippen LogP contribution in [0.15, 0.2) is 188 Å². The zero-order valence-electron chi connectivity index (χ0n) is 43.6. The number of benzene rings is 9. The van der Waals surface area contributed by atoms with E-state index in [2.05, 4.69) is 269 Å². The summed E-state index contributed by atoms with van der Waals surface area (Å²) in [5, 5.41) is 9.41. The van der Waals surface area contributed by atoms with Crippen LogP contribution in [0.25, 0.3) is 87.5 Å². The van der Waals surface area contributed by atoms with Gasteiger partial charge in [0, 0.05) is 60.5 Å². The second-order valence-electron chi connectivity index (χ2n) is 23.6. The van der Waals surface area contributed by atoms with Crippen molar-refractivity contribution in [2.24, 2.45) is 0 Å². The number of para-hydroxylation sites is 4. The average molecular weight is 959 g/mol. The Hall–Kier alpha value is -8.48. The standard InChI is InChI=1S/C68H58N6/c1-66(2,3)42-35-51-50-34-41-24-22-23-33-49(41)62(72(47-29-18-12-19-30-47)48-31-20-13-21-32-48)63(50)74-60(51)55(39-42)58-65(74)70-57-54-38-43(67(4,5)6)36-52-53-37-44(68(7,8)9)40-56(61(53)73(59(52)54)64(57)69-58)71(45-25-14-10-15-26-45)46-27-16-11-17-28-46/h10-40H,1-9H3. The number of fused-ring (bicyclic) bond motifs is 13. The molecule has 0 saturated carbocycles. The van der Waals surface area contributed by atoms with Crippen LogP contribution in [-0.4, -0.2) is 18.8 Å². The quantitative estimate of drug-likeness (QED) is 0.167. The first-order chi connectivity index (χ1) is 35.6. The lowest BCUT2D eigenvalue weighted by molar-refractivity contribution is 0.591. The van der Waals surface area contributed by atoms with E-state index in [4.69, 9.17) is 9.97 Å². The molecule has 0 aliphatic rings. The molecule has 74 heavy (non-hydrogen) atoms. The van der Waals surface area contributed by atoms with E-state index in [0.29, 0.717) is 0 Å². The monoisotopic (exact) mass is 958 g/mol. The van der Waals surface area contributed by atoms with Crippen molar-refractivity contribution < 1.29 is 0 Å². The maximum atomic E-state index is 6.05. The Labute approximate surface area is 431 Å². The highest BCUT2D eigenvalue weighted by Gasteiger charge is 2.33. The Morgan fingerprint density at radius 1 is 0.324 bits per heavy atom. The number of aromatic nitrogens is 4. The third-order valence-electron chi connectivity index (χ3n) is 15.7. The zero-order chi connectivity index (χ0) is 50.6. The molecule has 0 radical (unpaired) electrons. The van der Waals surface area contributed by atoms with E-state index in [9.17, 15) is 0 Å². The van der Waals surface area contributed by atoms with E-state index >= 15 is 0 Å². The van der Waals surface area contributed by atoms with E-state index in [0.717, 1.165) is 94.7 Å². The van der Waals surface area contributed by atoms with Crippen molar-refractivity contribution in [3.8, 4) is 0 Å². The molecule has 0 N–H and O–H groups in total. The maximum Gasteiger partial charge on any atom is 0.165 e. The molecule has 0 amide bonds. The van der Waals surface area contributed by atoms with Crippen molar-refractivity contribution in [2.45, 2.75) is 78.6 Å². The molecule has 0 fully saturated rings. The Morgan fingerprint density at radius 2 is 0.676 bits per heavy atom. The highest BCUT2D eigenvalue weighted by molar-refractivity contribution is 6.30. The fourth-order valence-electron chi connectivity index (χ4n) is 11.9. The van der Waals surface area contributed by atoms with Gasteiger partial charge in [-0.3, -0.25) is 8.80 Å². The summed E-state index contributed by atoms with van der Waals surface area (Å²) in [6, 6.07) is 69.2. The van der Waals surface area contributed by atoms with Gasteiger partial charge in [-0.15, -0.1) is 0 Å². The van der Waals surface area contributed by atoms with Crippen LogP contribution in [0.1, 0.15) is 79.0 Å². The van der Waals surface area contributed by atoms with Gasteiger partial charge in [0.1, 0.15) is 11.0 Å². The van der Waals surface area contributed by atoms with E-state index in [1.54, 1.807) is 0 Å². The zero-order valence-corrected chi connectivity index (χ0v) is 43.6. The molecule has 14 aromatic rings. The lowest BCUT2D eigenvalue weighted by Crippen LogP contribution is -2.15. The smallest absolute Gasteiger partial charge is 0.165 e. The van der Waals surface area contributed by atoms with Gasteiger partial charge in [-0.1, -0.05) is 159 Å². The fraction of sp³-hybridized carbons (Fsp3) is 0.176. The third kappa shape index (κ3) is 6.43. The number of anilines is 6. The van der Waals surface area contributed by atoms with Crippen molar-refractivity contribution in [2.75, 3.05) is 9.80 Å². The highest BCUT2D eigenvalue weighted by Crippen LogP contribution is 2.52. The number of nitrogens with zero attached hydrogens (tertiary/aromatic N) is 6. The summed E-state index contributed by atoms with van der Waals surface area (Å²) in [7, 11) is 0. The molecule has 0 unspecified atom stereocenters. The predicted octanol–water partition coefficient (Wildman–Crippen LogP) is 18.8. The molecule has 5 aromatic heterocycles. The molecule has 0 bridgehead atoms. The molecule has 0 saturated heterocycles. The van der Waals surface area contributed by atoms with Crippen molar-refractivity contribution in [1.82, 2.24) is 18.8 Å². The van der Waals surface area contributed by atoms with Gasteiger partial charge in [0.25, 0.3) is 0 Å². The molecule has 6 heteroatoms. The normalized spacial score (nSPS) is 12.9. The largest absolute Gasteiger partial charge is 0.308 e. The fourth-order valence-corrected chi connectivity index (χ4v) is 11.9. The van der Waals surface area contributed by atoms with E-state index in [1.165, 1.54) is 43.6 Å². The summed E-state index contributed by atoms with van der Waals surface area (Å²) >= 11 is 0. The summed E-state index contributed by atoms with van der Waals surface area (Å²) < 4.78 is 4.94. The SMILES string of the molecule is CC(C)(C)c1cc(N(c2ccccc2)c2ccccc2)c2c(c1)c1cc(C(C)(C)C)cc3c4nc5c(nc4n2c13)c1cc(C(C)(C)C)cc2c3cc4ccccc4c(N(c4ccccc4)c4ccccc4)c3n5c21. The van der Waals surface area contributed by atoms with Gasteiger partial charge in [0.2, 0.25) is 0 Å². The Balaban J connectivity index is 1.21. The van der Waals surface area contributed by atoms with Gasteiger partial charge in [-0.25, -0.2) is 9.97 Å². The van der Waals surface area contributed by atoms with Crippen molar-refractivity contribution >= 4 is 122 Å². The summed E-state index contributed by atoms with van der Waals surface area (Å²) in [6.07, 6.45) is 0. The number of hydrogen-bond donors (Lipinski definition) is 0. The Kier molecular flexibility index (Phi) is 9.28.